The van der Waals surface area contributed by atoms with Crippen molar-refractivity contribution in [3.63, 3.8) is 0 Å². The van der Waals surface area contributed by atoms with Crippen molar-refractivity contribution < 1.29 is 31.5 Å². The summed E-state index contributed by atoms with van der Waals surface area (Å²) in [5, 5.41) is 5.42. The van der Waals surface area contributed by atoms with E-state index in [1.807, 2.05) is 6.92 Å². The predicted molar refractivity (Wildman–Crippen MR) is 124 cm³/mol. The lowest BCUT2D eigenvalue weighted by molar-refractivity contribution is -0.0512. The van der Waals surface area contributed by atoms with E-state index in [2.05, 4.69) is 14.6 Å². The molecule has 2 aromatic carbocycles. The van der Waals surface area contributed by atoms with Crippen LogP contribution in [-0.2, 0) is 16.6 Å². The van der Waals surface area contributed by atoms with E-state index in [0.717, 1.165) is 23.6 Å². The minimum absolute atomic E-state index is 0.0934. The number of hydrazone groups is 1. The van der Waals surface area contributed by atoms with Crippen LogP contribution in [0, 0.1) is 0 Å². The zero-order chi connectivity index (χ0) is 24.2. The maximum atomic E-state index is 12.7. The Morgan fingerprint density at radius 2 is 1.88 bits per heavy atom. The van der Waals surface area contributed by atoms with E-state index in [1.54, 1.807) is 36.4 Å². The Balaban J connectivity index is 1.88. The van der Waals surface area contributed by atoms with Gasteiger partial charge in [-0.15, -0.1) is 0 Å². The van der Waals surface area contributed by atoms with E-state index in [1.165, 1.54) is 18.2 Å². The molecule has 0 spiro atoms. The van der Waals surface area contributed by atoms with Crippen LogP contribution in [0.5, 0.6) is 11.5 Å². The SMILES string of the molecule is CCC1SC(=O)N(Cc2ccc(NS(C)(=O)=O)cc2)N=C1c1ccc(OC(F)F)c(OC)c1. The summed E-state index contributed by atoms with van der Waals surface area (Å²) in [5.74, 6) is 0.0388. The predicted octanol–water partition coefficient (Wildman–Crippen LogP) is 4.52. The van der Waals surface area contributed by atoms with Crippen LogP contribution >= 0.6 is 11.8 Å². The highest BCUT2D eigenvalue weighted by molar-refractivity contribution is 8.14. The topological polar surface area (TPSA) is 97.3 Å². The van der Waals surface area contributed by atoms with Crippen LogP contribution in [0.1, 0.15) is 24.5 Å². The van der Waals surface area contributed by atoms with Gasteiger partial charge >= 0.3 is 11.9 Å². The summed E-state index contributed by atoms with van der Waals surface area (Å²) in [6, 6.07) is 11.1. The van der Waals surface area contributed by atoms with Gasteiger partial charge in [-0.25, -0.2) is 13.4 Å². The average molecular weight is 500 g/mol. The van der Waals surface area contributed by atoms with Gasteiger partial charge in [0.1, 0.15) is 0 Å². The molecule has 1 atom stereocenters. The highest BCUT2D eigenvalue weighted by Crippen LogP contribution is 2.34. The molecule has 0 aromatic heterocycles. The second-order valence-electron chi connectivity index (χ2n) is 7.14. The smallest absolute Gasteiger partial charge is 0.387 e. The number of rotatable bonds is 9. The first-order valence-electron chi connectivity index (χ1n) is 9.86. The summed E-state index contributed by atoms with van der Waals surface area (Å²) in [5.41, 5.74) is 2.39. The molecule has 1 aliphatic heterocycles. The lowest BCUT2D eigenvalue weighted by atomic mass is 10.0. The van der Waals surface area contributed by atoms with Crippen molar-refractivity contribution in [1.82, 2.24) is 5.01 Å². The lowest BCUT2D eigenvalue weighted by Crippen LogP contribution is -2.34. The third-order valence-electron chi connectivity index (χ3n) is 4.62. The summed E-state index contributed by atoms with van der Waals surface area (Å²) < 4.78 is 60.0. The Bertz CT molecular complexity index is 1140. The number of hydrogen-bond acceptors (Lipinski definition) is 7. The number of ether oxygens (including phenoxy) is 2. The quantitative estimate of drug-likeness (QED) is 0.545. The van der Waals surface area contributed by atoms with Crippen molar-refractivity contribution in [2.75, 3.05) is 18.1 Å². The first kappa shape index (κ1) is 24.8. The number of halogens is 2. The fraction of sp³-hybridized carbons (Fsp3) is 0.333. The number of amides is 1. The second kappa shape index (κ2) is 10.4. The van der Waals surface area contributed by atoms with E-state index < -0.39 is 16.6 Å². The molecule has 0 saturated heterocycles. The largest absolute Gasteiger partial charge is 0.493 e. The van der Waals surface area contributed by atoms with Crippen molar-refractivity contribution >= 4 is 38.4 Å². The van der Waals surface area contributed by atoms with Crippen molar-refractivity contribution in [2.45, 2.75) is 31.8 Å². The number of nitrogens with zero attached hydrogens (tertiary/aromatic N) is 2. The molecule has 1 unspecified atom stereocenters. The minimum atomic E-state index is -3.39. The minimum Gasteiger partial charge on any atom is -0.493 e. The molecule has 12 heteroatoms. The third kappa shape index (κ3) is 6.57. The number of hydrogen-bond donors (Lipinski definition) is 1. The summed E-state index contributed by atoms with van der Waals surface area (Å²) in [4.78, 5) is 12.7. The number of alkyl halides is 2. The van der Waals surface area contributed by atoms with Crippen LogP contribution in [0.15, 0.2) is 47.6 Å². The number of benzene rings is 2. The van der Waals surface area contributed by atoms with Crippen LogP contribution in [0.3, 0.4) is 0 Å². The molecule has 0 saturated carbocycles. The maximum Gasteiger partial charge on any atom is 0.387 e. The molecule has 0 bridgehead atoms. The number of sulfonamides is 1. The summed E-state index contributed by atoms with van der Waals surface area (Å²) in [6.07, 6.45) is 1.69. The molecule has 0 radical (unpaired) electrons. The fourth-order valence-electron chi connectivity index (χ4n) is 3.18. The van der Waals surface area contributed by atoms with Gasteiger partial charge in [0.15, 0.2) is 11.5 Å². The number of methoxy groups -OCH3 is 1. The first-order chi connectivity index (χ1) is 15.6. The van der Waals surface area contributed by atoms with Gasteiger partial charge in [-0.3, -0.25) is 9.52 Å². The Morgan fingerprint density at radius 1 is 1.18 bits per heavy atom. The van der Waals surface area contributed by atoms with E-state index in [0.29, 0.717) is 23.4 Å². The molecule has 178 valence electrons. The molecule has 0 aliphatic carbocycles. The molecule has 1 aliphatic rings. The van der Waals surface area contributed by atoms with Crippen molar-refractivity contribution in [3.8, 4) is 11.5 Å². The van der Waals surface area contributed by atoms with E-state index in [9.17, 15) is 22.0 Å². The van der Waals surface area contributed by atoms with Gasteiger partial charge < -0.3 is 9.47 Å². The summed E-state index contributed by atoms with van der Waals surface area (Å²) in [7, 11) is -2.04. The molecule has 1 N–H and O–H groups in total. The van der Waals surface area contributed by atoms with Gasteiger partial charge in [0.25, 0.3) is 0 Å². The highest BCUT2D eigenvalue weighted by Gasteiger charge is 2.30. The van der Waals surface area contributed by atoms with Crippen molar-refractivity contribution in [3.05, 3.63) is 53.6 Å². The number of nitrogens with one attached hydrogen (secondary N) is 1. The third-order valence-corrected chi connectivity index (χ3v) is 6.48. The molecule has 33 heavy (non-hydrogen) atoms. The van der Waals surface area contributed by atoms with Crippen LogP contribution in [0.2, 0.25) is 0 Å². The number of carbonyl (C=O) groups excluding carboxylic acids is 1. The van der Waals surface area contributed by atoms with Crippen LogP contribution in [0.25, 0.3) is 0 Å². The zero-order valence-corrected chi connectivity index (χ0v) is 19.8. The lowest BCUT2D eigenvalue weighted by Gasteiger charge is -2.28. The molecular weight excluding hydrogens is 476 g/mol. The van der Waals surface area contributed by atoms with Crippen LogP contribution in [0.4, 0.5) is 19.3 Å². The van der Waals surface area contributed by atoms with Gasteiger partial charge in [-0.2, -0.15) is 13.9 Å². The van der Waals surface area contributed by atoms with Crippen LogP contribution in [-0.4, -0.2) is 49.6 Å². The second-order valence-corrected chi connectivity index (χ2v) is 10.0. The number of carbonyl (C=O) groups is 1. The molecular formula is C21H23F2N3O5S2. The van der Waals surface area contributed by atoms with Gasteiger partial charge in [0.2, 0.25) is 10.0 Å². The molecule has 3 rings (SSSR count). The van der Waals surface area contributed by atoms with E-state index >= 15 is 0 Å². The van der Waals surface area contributed by atoms with Gasteiger partial charge in [0, 0.05) is 11.3 Å². The fourth-order valence-corrected chi connectivity index (χ4v) is 4.68. The van der Waals surface area contributed by atoms with Crippen molar-refractivity contribution in [1.29, 1.82) is 0 Å². The Hall–Kier alpha value is -2.86. The van der Waals surface area contributed by atoms with Crippen molar-refractivity contribution in [2.24, 2.45) is 5.10 Å². The zero-order valence-electron chi connectivity index (χ0n) is 18.1. The van der Waals surface area contributed by atoms with Crippen LogP contribution < -0.4 is 14.2 Å². The number of anilines is 1. The highest BCUT2D eigenvalue weighted by atomic mass is 32.2. The Kier molecular flexibility index (Phi) is 7.80. The average Bonchev–Trinajstić information content (AvgIpc) is 2.75. The molecule has 1 amide bonds. The summed E-state index contributed by atoms with van der Waals surface area (Å²) in [6.45, 7) is -0.883. The van der Waals surface area contributed by atoms with E-state index in [4.69, 9.17) is 4.74 Å². The normalized spacial score (nSPS) is 16.5. The Labute approximate surface area is 195 Å². The standard InChI is InChI=1S/C21H23F2N3O5S2/c1-4-18-19(14-7-10-16(31-20(22)23)17(11-14)30-2)24-26(21(27)32-18)12-13-5-8-15(9-6-13)25-33(3,28)29/h5-11,18,20,25H,4,12H2,1-3H3. The summed E-state index contributed by atoms with van der Waals surface area (Å²) >= 11 is 1.13. The van der Waals surface area contributed by atoms with Gasteiger partial charge in [-0.05, 0) is 42.3 Å². The first-order valence-corrected chi connectivity index (χ1v) is 12.6. The van der Waals surface area contributed by atoms with E-state index in [-0.39, 0.29) is 28.5 Å². The number of thioether (sulfide) groups is 1. The molecule has 8 nitrogen and oxygen atoms in total. The maximum absolute atomic E-state index is 12.7. The molecule has 2 aromatic rings. The monoisotopic (exact) mass is 499 g/mol. The Morgan fingerprint density at radius 3 is 2.45 bits per heavy atom. The van der Waals surface area contributed by atoms with Gasteiger partial charge in [0.05, 0.1) is 30.9 Å². The molecule has 1 heterocycles. The van der Waals surface area contributed by atoms with Gasteiger partial charge in [-0.1, -0.05) is 30.8 Å². The molecule has 0 fully saturated rings.